The second-order valence-electron chi connectivity index (χ2n) is 6.74. The number of amides is 2. The van der Waals surface area contributed by atoms with Gasteiger partial charge in [-0.3, -0.25) is 9.59 Å². The molecule has 0 aliphatic rings. The second kappa shape index (κ2) is 11.5. The van der Waals surface area contributed by atoms with Crippen LogP contribution in [-0.4, -0.2) is 35.1 Å². The van der Waals surface area contributed by atoms with Crippen LogP contribution in [0.15, 0.2) is 59.5 Å². The van der Waals surface area contributed by atoms with Gasteiger partial charge in [-0.15, -0.1) is 11.8 Å². The molecule has 1 atom stereocenters. The summed E-state index contributed by atoms with van der Waals surface area (Å²) in [5.74, 6) is 0.628. The Morgan fingerprint density at radius 3 is 2.46 bits per heavy atom. The number of nitrogens with one attached hydrogen (secondary N) is 1. The van der Waals surface area contributed by atoms with Gasteiger partial charge in [0, 0.05) is 30.2 Å². The summed E-state index contributed by atoms with van der Waals surface area (Å²) in [7, 11) is 0. The number of hydrogen-bond donors (Lipinski definition) is 1. The Morgan fingerprint density at radius 2 is 1.82 bits per heavy atom. The Kier molecular flexibility index (Phi) is 9.08. The molecular formula is C23H30N2O2S. The molecule has 2 amide bonds. The molecule has 0 fully saturated rings. The van der Waals surface area contributed by atoms with E-state index in [1.54, 1.807) is 16.7 Å². The number of thioether (sulfide) groups is 1. The largest absolute Gasteiger partial charge is 0.355 e. The fourth-order valence-corrected chi connectivity index (χ4v) is 4.00. The molecule has 28 heavy (non-hydrogen) atoms. The molecule has 2 aromatic rings. The summed E-state index contributed by atoms with van der Waals surface area (Å²) in [5, 5.41) is 2.87. The highest BCUT2D eigenvalue weighted by atomic mass is 32.2. The Bertz CT molecular complexity index is 764. The van der Waals surface area contributed by atoms with Crippen molar-refractivity contribution < 1.29 is 9.59 Å². The molecule has 0 aromatic heterocycles. The third kappa shape index (κ3) is 6.71. The summed E-state index contributed by atoms with van der Waals surface area (Å²) < 4.78 is 0. The van der Waals surface area contributed by atoms with E-state index in [1.807, 2.05) is 69.3 Å². The minimum Gasteiger partial charge on any atom is -0.355 e. The number of carbonyl (C=O) groups is 2. The number of aryl methyl sites for hydroxylation is 1. The lowest BCUT2D eigenvalue weighted by molar-refractivity contribution is -0.141. The highest BCUT2D eigenvalue weighted by molar-refractivity contribution is 7.99. The minimum absolute atomic E-state index is 0.0167. The van der Waals surface area contributed by atoms with Crippen LogP contribution in [0.25, 0.3) is 0 Å². The van der Waals surface area contributed by atoms with E-state index in [-0.39, 0.29) is 11.8 Å². The first-order valence-corrected chi connectivity index (χ1v) is 10.8. The second-order valence-corrected chi connectivity index (χ2v) is 7.91. The molecule has 0 saturated heterocycles. The van der Waals surface area contributed by atoms with Crippen LogP contribution >= 0.6 is 11.8 Å². The van der Waals surface area contributed by atoms with Crippen molar-refractivity contribution in [3.05, 3.63) is 65.7 Å². The Labute approximate surface area is 172 Å². The summed E-state index contributed by atoms with van der Waals surface area (Å²) in [6, 6.07) is 17.7. The number of nitrogens with zero attached hydrogens (tertiary/aromatic N) is 1. The highest BCUT2D eigenvalue weighted by Gasteiger charge is 2.28. The van der Waals surface area contributed by atoms with Crippen LogP contribution in [0.5, 0.6) is 0 Å². The zero-order chi connectivity index (χ0) is 20.4. The number of benzene rings is 2. The van der Waals surface area contributed by atoms with E-state index in [2.05, 4.69) is 11.4 Å². The zero-order valence-electron chi connectivity index (χ0n) is 17.0. The van der Waals surface area contributed by atoms with Gasteiger partial charge in [-0.05, 0) is 38.0 Å². The molecule has 0 aliphatic carbocycles. The van der Waals surface area contributed by atoms with Crippen molar-refractivity contribution in [1.82, 2.24) is 10.2 Å². The van der Waals surface area contributed by atoms with Crippen LogP contribution in [0.4, 0.5) is 0 Å². The average molecular weight is 399 g/mol. The summed E-state index contributed by atoms with van der Waals surface area (Å²) in [4.78, 5) is 28.5. The van der Waals surface area contributed by atoms with Crippen LogP contribution in [0.1, 0.15) is 37.8 Å². The molecule has 0 radical (unpaired) electrons. The molecule has 2 rings (SSSR count). The lowest BCUT2D eigenvalue weighted by atomic mass is 10.1. The van der Waals surface area contributed by atoms with E-state index < -0.39 is 6.04 Å². The van der Waals surface area contributed by atoms with Crippen molar-refractivity contribution in [3.63, 3.8) is 0 Å². The maximum Gasteiger partial charge on any atom is 0.242 e. The molecule has 0 spiro atoms. The fourth-order valence-electron chi connectivity index (χ4n) is 3.14. The van der Waals surface area contributed by atoms with E-state index in [0.717, 1.165) is 16.0 Å². The Balaban J connectivity index is 2.11. The van der Waals surface area contributed by atoms with Gasteiger partial charge in [0.05, 0.1) is 0 Å². The molecule has 1 N–H and O–H groups in total. The quantitative estimate of drug-likeness (QED) is 0.603. The van der Waals surface area contributed by atoms with E-state index in [1.165, 1.54) is 0 Å². The van der Waals surface area contributed by atoms with Crippen LogP contribution in [0.3, 0.4) is 0 Å². The summed E-state index contributed by atoms with van der Waals surface area (Å²) in [6.07, 6.45) is 0.997. The maximum absolute atomic E-state index is 13.1. The van der Waals surface area contributed by atoms with Crippen molar-refractivity contribution in [3.8, 4) is 0 Å². The van der Waals surface area contributed by atoms with Gasteiger partial charge in [-0.25, -0.2) is 0 Å². The predicted molar refractivity (Wildman–Crippen MR) is 116 cm³/mol. The SMILES string of the molecule is CCNC(=O)[C@@H](CC)N(Cc1cccc(C)c1)C(=O)CCSc1ccccc1. The highest BCUT2D eigenvalue weighted by Crippen LogP contribution is 2.20. The molecular weight excluding hydrogens is 368 g/mol. The maximum atomic E-state index is 13.1. The van der Waals surface area contributed by atoms with Gasteiger partial charge in [-0.1, -0.05) is 55.0 Å². The van der Waals surface area contributed by atoms with Gasteiger partial charge < -0.3 is 10.2 Å². The molecule has 0 unspecified atom stereocenters. The van der Waals surface area contributed by atoms with Gasteiger partial charge in [-0.2, -0.15) is 0 Å². The molecule has 4 nitrogen and oxygen atoms in total. The smallest absolute Gasteiger partial charge is 0.242 e. The van der Waals surface area contributed by atoms with E-state index in [9.17, 15) is 9.59 Å². The van der Waals surface area contributed by atoms with Crippen LogP contribution < -0.4 is 5.32 Å². The summed E-state index contributed by atoms with van der Waals surface area (Å²) in [6.45, 7) is 6.90. The molecule has 0 heterocycles. The number of hydrogen-bond acceptors (Lipinski definition) is 3. The average Bonchev–Trinajstić information content (AvgIpc) is 2.69. The fraction of sp³-hybridized carbons (Fsp3) is 0.391. The van der Waals surface area contributed by atoms with Crippen LogP contribution in [0.2, 0.25) is 0 Å². The first kappa shape index (κ1) is 22.0. The van der Waals surface area contributed by atoms with Crippen LogP contribution in [-0.2, 0) is 16.1 Å². The van der Waals surface area contributed by atoms with Crippen molar-refractivity contribution in [2.24, 2.45) is 0 Å². The van der Waals surface area contributed by atoms with Gasteiger partial charge in [0.15, 0.2) is 0 Å². The van der Waals surface area contributed by atoms with Gasteiger partial charge in [0.25, 0.3) is 0 Å². The van der Waals surface area contributed by atoms with Crippen molar-refractivity contribution in [1.29, 1.82) is 0 Å². The number of rotatable bonds is 10. The number of likely N-dealkylation sites (N-methyl/N-ethyl adjacent to an activating group) is 1. The van der Waals surface area contributed by atoms with Gasteiger partial charge >= 0.3 is 0 Å². The first-order valence-electron chi connectivity index (χ1n) is 9.85. The lowest BCUT2D eigenvalue weighted by Crippen LogP contribution is -2.49. The first-order chi connectivity index (χ1) is 13.5. The Hall–Kier alpha value is -2.27. The van der Waals surface area contributed by atoms with Crippen LogP contribution in [0, 0.1) is 6.92 Å². The minimum atomic E-state index is -0.449. The lowest BCUT2D eigenvalue weighted by Gasteiger charge is -2.30. The normalized spacial score (nSPS) is 11.7. The molecule has 0 bridgehead atoms. The van der Waals surface area contributed by atoms with Crippen molar-refractivity contribution in [2.45, 2.75) is 51.1 Å². The topological polar surface area (TPSA) is 49.4 Å². The molecule has 150 valence electrons. The zero-order valence-corrected chi connectivity index (χ0v) is 17.8. The summed E-state index contributed by atoms with van der Waals surface area (Å²) in [5.41, 5.74) is 2.20. The van der Waals surface area contributed by atoms with E-state index in [0.29, 0.717) is 31.7 Å². The molecule has 0 aliphatic heterocycles. The molecule has 2 aromatic carbocycles. The van der Waals surface area contributed by atoms with Gasteiger partial charge in [0.1, 0.15) is 6.04 Å². The monoisotopic (exact) mass is 398 g/mol. The standard InChI is InChI=1S/C23H30N2O2S/c1-4-21(23(27)24-5-2)25(17-19-11-9-10-18(3)16-19)22(26)14-15-28-20-12-7-6-8-13-20/h6-13,16,21H,4-5,14-15,17H2,1-3H3,(H,24,27)/t21-/m1/s1. The van der Waals surface area contributed by atoms with Crippen molar-refractivity contribution >= 4 is 23.6 Å². The van der Waals surface area contributed by atoms with Crippen molar-refractivity contribution in [2.75, 3.05) is 12.3 Å². The molecule has 5 heteroatoms. The van der Waals surface area contributed by atoms with Gasteiger partial charge in [0.2, 0.25) is 11.8 Å². The third-order valence-corrected chi connectivity index (χ3v) is 5.51. The van der Waals surface area contributed by atoms with E-state index >= 15 is 0 Å². The molecule has 0 saturated carbocycles. The Morgan fingerprint density at radius 1 is 1.07 bits per heavy atom. The predicted octanol–water partition coefficient (Wildman–Crippen LogP) is 4.42. The third-order valence-electron chi connectivity index (χ3n) is 4.50. The van der Waals surface area contributed by atoms with E-state index in [4.69, 9.17) is 0 Å². The number of carbonyl (C=O) groups excluding carboxylic acids is 2. The summed E-state index contributed by atoms with van der Waals surface area (Å²) >= 11 is 1.66.